The van der Waals surface area contributed by atoms with E-state index in [1.165, 1.54) is 18.5 Å². The second kappa shape index (κ2) is 5.11. The first-order chi connectivity index (χ1) is 8.15. The maximum Gasteiger partial charge on any atom is 0.251 e. The van der Waals surface area contributed by atoms with E-state index in [1.807, 2.05) is 0 Å². The Morgan fingerprint density at radius 1 is 1.35 bits per heavy atom. The maximum atomic E-state index is 11.7. The summed E-state index contributed by atoms with van der Waals surface area (Å²) in [6, 6.07) is 2.83. The largest absolute Gasteiger partial charge is 0.345 e. The van der Waals surface area contributed by atoms with Gasteiger partial charge in [-0.05, 0) is 12.1 Å². The molecule has 0 unspecified atom stereocenters. The van der Waals surface area contributed by atoms with E-state index in [4.69, 9.17) is 23.2 Å². The highest BCUT2D eigenvalue weighted by atomic mass is 35.5. The van der Waals surface area contributed by atoms with Crippen LogP contribution in [0.15, 0.2) is 23.0 Å². The summed E-state index contributed by atoms with van der Waals surface area (Å²) in [5.74, 6) is 0.0330. The van der Waals surface area contributed by atoms with Crippen molar-refractivity contribution >= 4 is 29.1 Å². The molecular weight excluding hydrogens is 267 g/mol. The molecule has 0 aliphatic heterocycles. The third-order valence-electron chi connectivity index (χ3n) is 1.84. The van der Waals surface area contributed by atoms with Gasteiger partial charge in [0, 0.05) is 5.56 Å². The van der Waals surface area contributed by atoms with Gasteiger partial charge in [-0.3, -0.25) is 4.79 Å². The van der Waals surface area contributed by atoms with Crippen LogP contribution in [0.1, 0.15) is 16.2 Å². The van der Waals surface area contributed by atoms with Gasteiger partial charge in [0.1, 0.15) is 10.3 Å². The Kier molecular flexibility index (Phi) is 3.55. The van der Waals surface area contributed by atoms with Crippen LogP contribution in [-0.2, 0) is 6.54 Å². The average Bonchev–Trinajstić information content (AvgIpc) is 2.77. The Hall–Kier alpha value is -1.66. The first kappa shape index (κ1) is 11.8. The monoisotopic (exact) mass is 272 g/mol. The molecule has 0 atom stereocenters. The predicted molar refractivity (Wildman–Crippen MR) is 59.7 cm³/mol. The minimum atomic E-state index is -0.346. The zero-order valence-electron chi connectivity index (χ0n) is 8.35. The molecule has 88 valence electrons. The lowest BCUT2D eigenvalue weighted by Crippen LogP contribution is -2.23. The molecule has 2 aromatic rings. The van der Waals surface area contributed by atoms with Crippen molar-refractivity contribution in [3.63, 3.8) is 0 Å². The number of hydrogen-bond donors (Lipinski definition) is 1. The standard InChI is InChI=1S/C9H6Cl2N4O2/c10-6-1-5(2-7(11)14-6)9(16)12-3-8-13-4-17-15-8/h1-2,4H,3H2,(H,12,16). The normalized spacial score (nSPS) is 10.2. The highest BCUT2D eigenvalue weighted by Gasteiger charge is 2.09. The summed E-state index contributed by atoms with van der Waals surface area (Å²) in [5, 5.41) is 6.45. The SMILES string of the molecule is O=C(NCc1ncon1)c1cc(Cl)nc(Cl)c1. The zero-order chi connectivity index (χ0) is 12.3. The number of aromatic nitrogens is 3. The first-order valence-electron chi connectivity index (χ1n) is 4.51. The topological polar surface area (TPSA) is 80.9 Å². The van der Waals surface area contributed by atoms with Gasteiger partial charge < -0.3 is 9.84 Å². The molecule has 0 saturated heterocycles. The lowest BCUT2D eigenvalue weighted by Gasteiger charge is -2.03. The molecule has 2 rings (SSSR count). The molecule has 0 spiro atoms. The van der Waals surface area contributed by atoms with Crippen molar-refractivity contribution < 1.29 is 9.32 Å². The third kappa shape index (κ3) is 3.15. The number of hydrogen-bond acceptors (Lipinski definition) is 5. The highest BCUT2D eigenvalue weighted by molar-refractivity contribution is 6.33. The summed E-state index contributed by atoms with van der Waals surface area (Å²) in [5.41, 5.74) is 0.318. The highest BCUT2D eigenvalue weighted by Crippen LogP contribution is 2.14. The van der Waals surface area contributed by atoms with E-state index in [0.29, 0.717) is 11.4 Å². The van der Waals surface area contributed by atoms with E-state index >= 15 is 0 Å². The quantitative estimate of drug-likeness (QED) is 0.861. The van der Waals surface area contributed by atoms with Gasteiger partial charge in [0.25, 0.3) is 5.91 Å². The Labute approximate surface area is 106 Å². The Balaban J connectivity index is 2.04. The van der Waals surface area contributed by atoms with Crippen molar-refractivity contribution in [1.82, 2.24) is 20.4 Å². The summed E-state index contributed by atoms with van der Waals surface area (Å²) in [4.78, 5) is 19.2. The van der Waals surface area contributed by atoms with Gasteiger partial charge in [-0.25, -0.2) is 4.98 Å². The van der Waals surface area contributed by atoms with Crippen LogP contribution in [0.5, 0.6) is 0 Å². The molecule has 6 nitrogen and oxygen atoms in total. The van der Waals surface area contributed by atoms with Crippen molar-refractivity contribution in [2.75, 3.05) is 0 Å². The lowest BCUT2D eigenvalue weighted by atomic mass is 10.2. The van der Waals surface area contributed by atoms with Gasteiger partial charge in [-0.15, -0.1) is 0 Å². The molecule has 1 N–H and O–H groups in total. The average molecular weight is 273 g/mol. The molecule has 1 amide bonds. The Morgan fingerprint density at radius 2 is 2.06 bits per heavy atom. The second-order valence-corrected chi connectivity index (χ2v) is 3.81. The molecule has 8 heteroatoms. The first-order valence-corrected chi connectivity index (χ1v) is 5.27. The summed E-state index contributed by atoms with van der Waals surface area (Å²) in [6.45, 7) is 0.160. The van der Waals surface area contributed by atoms with Crippen LogP contribution < -0.4 is 5.32 Å². The molecule has 2 aromatic heterocycles. The van der Waals surface area contributed by atoms with Crippen LogP contribution in [0.25, 0.3) is 0 Å². The van der Waals surface area contributed by atoms with Crippen molar-refractivity contribution in [3.05, 3.63) is 40.2 Å². The zero-order valence-corrected chi connectivity index (χ0v) is 9.87. The Bertz CT molecular complexity index is 510. The van der Waals surface area contributed by atoms with Gasteiger partial charge in [-0.2, -0.15) is 4.98 Å². The van der Waals surface area contributed by atoms with E-state index in [0.717, 1.165) is 0 Å². The van der Waals surface area contributed by atoms with Gasteiger partial charge in [0.2, 0.25) is 6.39 Å². The van der Waals surface area contributed by atoms with Gasteiger partial charge in [0.05, 0.1) is 6.54 Å². The van der Waals surface area contributed by atoms with Gasteiger partial charge >= 0.3 is 0 Å². The number of carbonyl (C=O) groups is 1. The van der Waals surface area contributed by atoms with Crippen molar-refractivity contribution in [3.8, 4) is 0 Å². The summed E-state index contributed by atoms with van der Waals surface area (Å²) < 4.78 is 4.53. The van der Waals surface area contributed by atoms with Crippen LogP contribution in [0.3, 0.4) is 0 Å². The Morgan fingerprint density at radius 3 is 2.65 bits per heavy atom. The maximum absolute atomic E-state index is 11.7. The third-order valence-corrected chi connectivity index (χ3v) is 2.23. The van der Waals surface area contributed by atoms with E-state index in [2.05, 4.69) is 25.0 Å². The van der Waals surface area contributed by atoms with Crippen molar-refractivity contribution in [1.29, 1.82) is 0 Å². The van der Waals surface area contributed by atoms with E-state index in [-0.39, 0.29) is 22.8 Å². The van der Waals surface area contributed by atoms with Gasteiger partial charge in [0.15, 0.2) is 5.82 Å². The molecule has 0 aliphatic rings. The van der Waals surface area contributed by atoms with Crippen LogP contribution in [0, 0.1) is 0 Å². The summed E-state index contributed by atoms with van der Waals surface area (Å²) in [7, 11) is 0. The number of halogens is 2. The summed E-state index contributed by atoms with van der Waals surface area (Å²) in [6.07, 6.45) is 1.18. The smallest absolute Gasteiger partial charge is 0.251 e. The van der Waals surface area contributed by atoms with Crippen LogP contribution in [0.2, 0.25) is 10.3 Å². The van der Waals surface area contributed by atoms with Crippen LogP contribution in [0.4, 0.5) is 0 Å². The molecule has 0 saturated carbocycles. The molecule has 0 bridgehead atoms. The van der Waals surface area contributed by atoms with Crippen LogP contribution >= 0.6 is 23.2 Å². The van der Waals surface area contributed by atoms with Crippen molar-refractivity contribution in [2.24, 2.45) is 0 Å². The minimum Gasteiger partial charge on any atom is -0.345 e. The fraction of sp³-hybridized carbons (Fsp3) is 0.111. The van der Waals surface area contributed by atoms with Crippen molar-refractivity contribution in [2.45, 2.75) is 6.54 Å². The molecule has 0 radical (unpaired) electrons. The van der Waals surface area contributed by atoms with Crippen LogP contribution in [-0.4, -0.2) is 21.0 Å². The molecule has 0 aliphatic carbocycles. The molecule has 2 heterocycles. The predicted octanol–water partition coefficient (Wildman–Crippen LogP) is 1.70. The minimum absolute atomic E-state index is 0.155. The molecule has 0 aromatic carbocycles. The number of amides is 1. The van der Waals surface area contributed by atoms with Gasteiger partial charge in [-0.1, -0.05) is 28.4 Å². The van der Waals surface area contributed by atoms with E-state index in [9.17, 15) is 4.79 Å². The van der Waals surface area contributed by atoms with E-state index in [1.54, 1.807) is 0 Å². The number of pyridine rings is 1. The number of carbonyl (C=O) groups excluding carboxylic acids is 1. The number of nitrogens with zero attached hydrogens (tertiary/aromatic N) is 3. The summed E-state index contributed by atoms with van der Waals surface area (Å²) >= 11 is 11.4. The molecular formula is C9H6Cl2N4O2. The van der Waals surface area contributed by atoms with E-state index < -0.39 is 0 Å². The molecule has 0 fully saturated rings. The lowest BCUT2D eigenvalue weighted by molar-refractivity contribution is 0.0949. The fourth-order valence-corrected chi connectivity index (χ4v) is 1.59. The second-order valence-electron chi connectivity index (χ2n) is 3.03. The number of nitrogens with one attached hydrogen (secondary N) is 1. The molecule has 17 heavy (non-hydrogen) atoms. The number of rotatable bonds is 3. The fourth-order valence-electron chi connectivity index (χ4n) is 1.13.